The Labute approximate surface area is 138 Å². The zero-order chi connectivity index (χ0) is 16.5. The Morgan fingerprint density at radius 1 is 1.17 bits per heavy atom. The van der Waals surface area contributed by atoms with Gasteiger partial charge >= 0.3 is 0 Å². The van der Waals surface area contributed by atoms with Crippen LogP contribution in [0, 0.1) is 5.82 Å². The highest BCUT2D eigenvalue weighted by Gasteiger charge is 2.24. The van der Waals surface area contributed by atoms with Gasteiger partial charge in [0.25, 0.3) is 5.56 Å². The summed E-state index contributed by atoms with van der Waals surface area (Å²) in [5.41, 5.74) is 2.56. The van der Waals surface area contributed by atoms with Crippen molar-refractivity contribution in [1.82, 2.24) is 19.7 Å². The summed E-state index contributed by atoms with van der Waals surface area (Å²) >= 11 is 0. The lowest BCUT2D eigenvalue weighted by molar-refractivity contribution is 0.244. The Balaban J connectivity index is 1.63. The lowest BCUT2D eigenvalue weighted by Gasteiger charge is -2.25. The van der Waals surface area contributed by atoms with E-state index >= 15 is 0 Å². The van der Waals surface area contributed by atoms with Gasteiger partial charge in [-0.25, -0.2) is 9.37 Å². The molecule has 3 heterocycles. The Bertz CT molecular complexity index is 916. The highest BCUT2D eigenvalue weighted by molar-refractivity contribution is 5.29. The van der Waals surface area contributed by atoms with Gasteiger partial charge in [-0.05, 0) is 17.7 Å². The van der Waals surface area contributed by atoms with E-state index in [4.69, 9.17) is 0 Å². The van der Waals surface area contributed by atoms with Crippen molar-refractivity contribution >= 4 is 0 Å². The number of nitrogens with zero attached hydrogens (tertiary/aromatic N) is 3. The fraction of sp³-hybridized carbons (Fsp3) is 0.222. The molecule has 0 aliphatic carbocycles. The molecule has 6 heteroatoms. The molecule has 122 valence electrons. The number of benzene rings is 1. The fourth-order valence-electron chi connectivity index (χ4n) is 3.13. The minimum absolute atomic E-state index is 0.0199. The van der Waals surface area contributed by atoms with E-state index in [1.807, 2.05) is 18.2 Å². The van der Waals surface area contributed by atoms with E-state index in [1.165, 1.54) is 28.6 Å². The summed E-state index contributed by atoms with van der Waals surface area (Å²) in [6, 6.07) is 13.0. The number of rotatable bonds is 3. The molecule has 0 bridgehead atoms. The first-order valence-corrected chi connectivity index (χ1v) is 7.92. The molecule has 3 aromatic rings. The van der Waals surface area contributed by atoms with Crippen molar-refractivity contribution in [1.29, 1.82) is 0 Å². The lowest BCUT2D eigenvalue weighted by atomic mass is 10.1. The number of pyridine rings is 1. The van der Waals surface area contributed by atoms with Gasteiger partial charge in [-0.1, -0.05) is 30.3 Å². The van der Waals surface area contributed by atoms with Gasteiger partial charge in [-0.15, -0.1) is 0 Å². The standard InChI is InChI=1S/C18H17FN4O/c19-15-7-4-9-20-17(15)23-18(24)14-12-22(10-8-16(14)21-23)11-13-5-2-1-3-6-13/h1-7,9,21H,8,10-12H2. The normalized spacial score (nSPS) is 14.5. The number of fused-ring (bicyclic) bond motifs is 1. The summed E-state index contributed by atoms with van der Waals surface area (Å²) in [4.78, 5) is 18.9. The predicted molar refractivity (Wildman–Crippen MR) is 88.4 cm³/mol. The molecule has 0 radical (unpaired) electrons. The lowest BCUT2D eigenvalue weighted by Crippen LogP contribution is -2.32. The van der Waals surface area contributed by atoms with E-state index in [0.717, 1.165) is 25.2 Å². The van der Waals surface area contributed by atoms with Crippen molar-refractivity contribution in [2.24, 2.45) is 0 Å². The van der Waals surface area contributed by atoms with Crippen LogP contribution in [-0.2, 0) is 19.5 Å². The molecule has 5 nitrogen and oxygen atoms in total. The van der Waals surface area contributed by atoms with Gasteiger partial charge in [0.1, 0.15) is 0 Å². The molecule has 1 N–H and O–H groups in total. The Morgan fingerprint density at radius 3 is 2.79 bits per heavy atom. The first kappa shape index (κ1) is 14.8. The molecule has 0 saturated carbocycles. The second-order valence-electron chi connectivity index (χ2n) is 5.96. The Kier molecular flexibility index (Phi) is 3.74. The Morgan fingerprint density at radius 2 is 2.00 bits per heavy atom. The maximum absolute atomic E-state index is 13.9. The van der Waals surface area contributed by atoms with Crippen LogP contribution < -0.4 is 5.56 Å². The third-order valence-electron chi connectivity index (χ3n) is 4.33. The molecule has 0 fully saturated rings. The average molecular weight is 324 g/mol. The largest absolute Gasteiger partial charge is 0.294 e. The van der Waals surface area contributed by atoms with Crippen LogP contribution in [0.25, 0.3) is 5.82 Å². The molecule has 2 aromatic heterocycles. The summed E-state index contributed by atoms with van der Waals surface area (Å²) in [6.45, 7) is 2.20. The number of hydrogen-bond donors (Lipinski definition) is 1. The predicted octanol–water partition coefficient (Wildman–Crippen LogP) is 2.26. The van der Waals surface area contributed by atoms with Gasteiger partial charge in [-0.3, -0.25) is 14.8 Å². The summed E-state index contributed by atoms with van der Waals surface area (Å²) in [7, 11) is 0. The van der Waals surface area contributed by atoms with Crippen molar-refractivity contribution in [3.05, 3.63) is 81.7 Å². The number of aromatic nitrogens is 3. The molecular weight excluding hydrogens is 307 g/mol. The maximum atomic E-state index is 13.9. The monoisotopic (exact) mass is 324 g/mol. The summed E-state index contributed by atoms with van der Waals surface area (Å²) in [5, 5.41) is 3.02. The first-order chi connectivity index (χ1) is 11.7. The van der Waals surface area contributed by atoms with E-state index < -0.39 is 5.82 Å². The highest BCUT2D eigenvalue weighted by atomic mass is 19.1. The van der Waals surface area contributed by atoms with Crippen molar-refractivity contribution in [2.75, 3.05) is 6.54 Å². The van der Waals surface area contributed by atoms with Crippen LogP contribution >= 0.6 is 0 Å². The van der Waals surface area contributed by atoms with E-state index in [9.17, 15) is 9.18 Å². The topological polar surface area (TPSA) is 53.9 Å². The van der Waals surface area contributed by atoms with E-state index in [2.05, 4.69) is 27.1 Å². The maximum Gasteiger partial charge on any atom is 0.277 e. The van der Waals surface area contributed by atoms with Crippen LogP contribution in [0.15, 0.2) is 53.5 Å². The molecular formula is C18H17FN4O. The number of H-pyrrole nitrogens is 1. The van der Waals surface area contributed by atoms with E-state index in [1.54, 1.807) is 0 Å². The van der Waals surface area contributed by atoms with Crippen LogP contribution in [0.2, 0.25) is 0 Å². The zero-order valence-electron chi connectivity index (χ0n) is 13.1. The zero-order valence-corrected chi connectivity index (χ0v) is 13.1. The third-order valence-corrected chi connectivity index (χ3v) is 4.33. The minimum Gasteiger partial charge on any atom is -0.294 e. The Hall–Kier alpha value is -2.73. The first-order valence-electron chi connectivity index (χ1n) is 7.92. The molecule has 0 unspecified atom stereocenters. The van der Waals surface area contributed by atoms with Crippen LogP contribution in [0.4, 0.5) is 4.39 Å². The van der Waals surface area contributed by atoms with Crippen LogP contribution in [-0.4, -0.2) is 26.2 Å². The molecule has 0 atom stereocenters. The van der Waals surface area contributed by atoms with Gasteiger partial charge in [0.05, 0.1) is 5.56 Å². The molecule has 0 spiro atoms. The van der Waals surface area contributed by atoms with Gasteiger partial charge in [-0.2, -0.15) is 4.68 Å². The average Bonchev–Trinajstić information content (AvgIpc) is 2.93. The van der Waals surface area contributed by atoms with Crippen molar-refractivity contribution in [3.8, 4) is 5.82 Å². The highest BCUT2D eigenvalue weighted by Crippen LogP contribution is 2.18. The quantitative estimate of drug-likeness (QED) is 0.804. The van der Waals surface area contributed by atoms with E-state index in [0.29, 0.717) is 12.1 Å². The van der Waals surface area contributed by atoms with Crippen LogP contribution in [0.5, 0.6) is 0 Å². The second-order valence-corrected chi connectivity index (χ2v) is 5.96. The van der Waals surface area contributed by atoms with E-state index in [-0.39, 0.29) is 11.4 Å². The van der Waals surface area contributed by atoms with Crippen LogP contribution in [0.3, 0.4) is 0 Å². The minimum atomic E-state index is -0.515. The molecule has 0 amide bonds. The summed E-state index contributed by atoms with van der Waals surface area (Å²) in [6.07, 6.45) is 2.21. The van der Waals surface area contributed by atoms with Gasteiger partial charge in [0.15, 0.2) is 11.6 Å². The SMILES string of the molecule is O=c1c2c([nH]n1-c1ncccc1F)CCN(Cc1ccccc1)C2. The fourth-order valence-corrected chi connectivity index (χ4v) is 3.13. The summed E-state index contributed by atoms with van der Waals surface area (Å²) in [5.74, 6) is -0.495. The van der Waals surface area contributed by atoms with Gasteiger partial charge in [0, 0.05) is 37.9 Å². The van der Waals surface area contributed by atoms with Crippen molar-refractivity contribution in [2.45, 2.75) is 19.5 Å². The molecule has 1 aliphatic heterocycles. The van der Waals surface area contributed by atoms with Crippen molar-refractivity contribution < 1.29 is 4.39 Å². The molecule has 0 saturated heterocycles. The molecule has 1 aromatic carbocycles. The van der Waals surface area contributed by atoms with Gasteiger partial charge in [0.2, 0.25) is 0 Å². The molecule has 1 aliphatic rings. The molecule has 4 rings (SSSR count). The third kappa shape index (κ3) is 2.65. The number of nitrogens with one attached hydrogen (secondary N) is 1. The van der Waals surface area contributed by atoms with Gasteiger partial charge < -0.3 is 0 Å². The molecule has 24 heavy (non-hydrogen) atoms. The summed E-state index contributed by atoms with van der Waals surface area (Å²) < 4.78 is 15.1. The second kappa shape index (κ2) is 6.05. The smallest absolute Gasteiger partial charge is 0.277 e. The van der Waals surface area contributed by atoms with Crippen molar-refractivity contribution in [3.63, 3.8) is 0 Å². The van der Waals surface area contributed by atoms with Crippen LogP contribution in [0.1, 0.15) is 16.8 Å². The number of aromatic amines is 1. The number of hydrogen-bond acceptors (Lipinski definition) is 3. The number of halogens is 1.